The smallest absolute Gasteiger partial charge is 0.276 e. The van der Waals surface area contributed by atoms with E-state index in [1.165, 1.54) is 4.52 Å². The first-order valence-electron chi connectivity index (χ1n) is 5.96. The molecule has 0 saturated carbocycles. The van der Waals surface area contributed by atoms with Gasteiger partial charge in [0.2, 0.25) is 0 Å². The molecule has 0 amide bonds. The van der Waals surface area contributed by atoms with Crippen molar-refractivity contribution in [2.45, 2.75) is 13.3 Å². The first kappa shape index (κ1) is 11.5. The average Bonchev–Trinajstić information content (AvgIpc) is 3.02. The Morgan fingerprint density at radius 3 is 3.11 bits per heavy atom. The zero-order chi connectivity index (χ0) is 13.4. The van der Waals surface area contributed by atoms with Crippen molar-refractivity contribution in [3.8, 4) is 11.5 Å². The van der Waals surface area contributed by atoms with Gasteiger partial charge in [-0.2, -0.15) is 0 Å². The third-order valence-electron chi connectivity index (χ3n) is 3.05. The van der Waals surface area contributed by atoms with Crippen molar-refractivity contribution in [1.82, 2.24) is 14.6 Å². The van der Waals surface area contributed by atoms with Crippen LogP contribution in [-0.4, -0.2) is 14.6 Å². The van der Waals surface area contributed by atoms with Crippen LogP contribution in [0.15, 0.2) is 46.3 Å². The average molecular weight is 255 g/mol. The number of rotatable bonds is 3. The molecule has 3 rings (SSSR count). The van der Waals surface area contributed by atoms with Gasteiger partial charge in [-0.25, -0.2) is 9.50 Å². The molecule has 0 bridgehead atoms. The Morgan fingerprint density at radius 2 is 2.42 bits per heavy atom. The van der Waals surface area contributed by atoms with Crippen LogP contribution in [-0.2, 0) is 6.42 Å². The molecule has 0 aliphatic heterocycles. The Bertz CT molecular complexity index is 794. The van der Waals surface area contributed by atoms with Crippen molar-refractivity contribution in [3.63, 3.8) is 0 Å². The highest BCUT2D eigenvalue weighted by Gasteiger charge is 2.12. The van der Waals surface area contributed by atoms with E-state index in [1.807, 2.05) is 13.0 Å². The van der Waals surface area contributed by atoms with Gasteiger partial charge in [0.15, 0.2) is 11.4 Å². The summed E-state index contributed by atoms with van der Waals surface area (Å²) in [6.07, 6.45) is 3.80. The molecular formula is C14H13N3O2. The number of allylic oxidation sites excluding steroid dienone is 1. The molecule has 5 nitrogen and oxygen atoms in total. The zero-order valence-electron chi connectivity index (χ0n) is 10.5. The summed E-state index contributed by atoms with van der Waals surface area (Å²) in [5.41, 5.74) is 2.60. The quantitative estimate of drug-likeness (QED) is 0.730. The van der Waals surface area contributed by atoms with Crippen LogP contribution in [0.2, 0.25) is 0 Å². The summed E-state index contributed by atoms with van der Waals surface area (Å²) in [6.45, 7) is 5.50. The van der Waals surface area contributed by atoms with E-state index in [-0.39, 0.29) is 5.56 Å². The van der Waals surface area contributed by atoms with Gasteiger partial charge in [0.1, 0.15) is 5.69 Å². The highest BCUT2D eigenvalue weighted by Crippen LogP contribution is 2.19. The van der Waals surface area contributed by atoms with Gasteiger partial charge in [-0.3, -0.25) is 9.89 Å². The molecule has 19 heavy (non-hydrogen) atoms. The lowest BCUT2D eigenvalue weighted by Gasteiger charge is -2.01. The van der Waals surface area contributed by atoms with Crippen molar-refractivity contribution >= 4 is 5.65 Å². The van der Waals surface area contributed by atoms with Gasteiger partial charge in [-0.15, -0.1) is 6.58 Å². The number of fused-ring (bicyclic) bond motifs is 1. The van der Waals surface area contributed by atoms with Crippen LogP contribution >= 0.6 is 0 Å². The van der Waals surface area contributed by atoms with E-state index in [4.69, 9.17) is 4.42 Å². The van der Waals surface area contributed by atoms with Gasteiger partial charge in [0.25, 0.3) is 5.56 Å². The predicted octanol–water partition coefficient (Wildman–Crippen LogP) is 2.32. The number of hydrogen-bond acceptors (Lipinski definition) is 3. The van der Waals surface area contributed by atoms with Crippen LogP contribution < -0.4 is 5.56 Å². The summed E-state index contributed by atoms with van der Waals surface area (Å²) >= 11 is 0. The van der Waals surface area contributed by atoms with Crippen molar-refractivity contribution < 1.29 is 4.42 Å². The second-order valence-electron chi connectivity index (χ2n) is 4.31. The minimum atomic E-state index is -0.0970. The van der Waals surface area contributed by atoms with Gasteiger partial charge in [-0.05, 0) is 25.5 Å². The number of aryl methyl sites for hydroxylation is 1. The zero-order valence-corrected chi connectivity index (χ0v) is 10.5. The van der Waals surface area contributed by atoms with Crippen LogP contribution in [0.1, 0.15) is 11.3 Å². The maximum Gasteiger partial charge on any atom is 0.276 e. The fraction of sp³-hybridized carbons (Fsp3) is 0.143. The van der Waals surface area contributed by atoms with Crippen LogP contribution in [0.5, 0.6) is 0 Å². The third-order valence-corrected chi connectivity index (χ3v) is 3.05. The molecule has 5 heteroatoms. The number of furan rings is 1. The summed E-state index contributed by atoms with van der Waals surface area (Å²) in [6, 6.07) is 5.42. The molecule has 0 spiro atoms. The largest absolute Gasteiger partial charge is 0.463 e. The van der Waals surface area contributed by atoms with Crippen molar-refractivity contribution in [2.24, 2.45) is 0 Å². The van der Waals surface area contributed by atoms with E-state index in [1.54, 1.807) is 24.5 Å². The van der Waals surface area contributed by atoms with Crippen molar-refractivity contribution in [1.29, 1.82) is 0 Å². The lowest BCUT2D eigenvalue weighted by atomic mass is 10.2. The normalized spacial score (nSPS) is 11.0. The molecule has 3 heterocycles. The van der Waals surface area contributed by atoms with E-state index >= 15 is 0 Å². The van der Waals surface area contributed by atoms with Crippen LogP contribution in [0.3, 0.4) is 0 Å². The molecule has 3 aromatic heterocycles. The van der Waals surface area contributed by atoms with Crippen molar-refractivity contribution in [2.75, 3.05) is 0 Å². The lowest BCUT2D eigenvalue weighted by molar-refractivity contribution is 0.579. The van der Waals surface area contributed by atoms with E-state index in [9.17, 15) is 4.79 Å². The third kappa shape index (κ3) is 1.79. The minimum absolute atomic E-state index is 0.0970. The summed E-state index contributed by atoms with van der Waals surface area (Å²) < 4.78 is 6.74. The summed E-state index contributed by atoms with van der Waals surface area (Å²) in [5.74, 6) is 0.674. The van der Waals surface area contributed by atoms with E-state index in [0.29, 0.717) is 23.4 Å². The number of aromatic nitrogens is 3. The van der Waals surface area contributed by atoms with Crippen LogP contribution in [0.25, 0.3) is 17.1 Å². The Morgan fingerprint density at radius 1 is 1.58 bits per heavy atom. The molecule has 0 radical (unpaired) electrons. The Hall–Kier alpha value is -2.56. The van der Waals surface area contributed by atoms with Gasteiger partial charge in [-0.1, -0.05) is 6.08 Å². The number of nitrogens with zero attached hydrogens (tertiary/aromatic N) is 2. The van der Waals surface area contributed by atoms with E-state index in [0.717, 1.165) is 11.4 Å². The predicted molar refractivity (Wildman–Crippen MR) is 72.2 cm³/mol. The molecule has 0 unspecified atom stereocenters. The van der Waals surface area contributed by atoms with Crippen LogP contribution in [0, 0.1) is 6.92 Å². The van der Waals surface area contributed by atoms with Gasteiger partial charge in [0, 0.05) is 17.3 Å². The molecule has 3 aromatic rings. The summed E-state index contributed by atoms with van der Waals surface area (Å²) in [7, 11) is 0. The molecule has 0 saturated heterocycles. The molecule has 0 fully saturated rings. The molecule has 96 valence electrons. The fourth-order valence-electron chi connectivity index (χ4n) is 2.11. The van der Waals surface area contributed by atoms with E-state index in [2.05, 4.69) is 16.7 Å². The highest BCUT2D eigenvalue weighted by atomic mass is 16.3. The Labute approximate surface area is 109 Å². The topological polar surface area (TPSA) is 63.3 Å². The maximum atomic E-state index is 12.3. The van der Waals surface area contributed by atoms with Gasteiger partial charge < -0.3 is 4.42 Å². The summed E-state index contributed by atoms with van der Waals surface area (Å²) in [4.78, 5) is 16.8. The van der Waals surface area contributed by atoms with Gasteiger partial charge >= 0.3 is 0 Å². The Balaban J connectivity index is 2.26. The second kappa shape index (κ2) is 4.28. The molecule has 0 aromatic carbocycles. The molecular weight excluding hydrogens is 242 g/mol. The first-order chi connectivity index (χ1) is 9.20. The van der Waals surface area contributed by atoms with E-state index < -0.39 is 0 Å². The monoisotopic (exact) mass is 255 g/mol. The van der Waals surface area contributed by atoms with Crippen molar-refractivity contribution in [3.05, 3.63) is 58.7 Å². The first-order valence-corrected chi connectivity index (χ1v) is 5.96. The molecule has 1 N–H and O–H groups in total. The number of hydrogen-bond donors (Lipinski definition) is 1. The minimum Gasteiger partial charge on any atom is -0.463 e. The molecule has 0 atom stereocenters. The Kier molecular flexibility index (Phi) is 2.59. The van der Waals surface area contributed by atoms with Crippen LogP contribution in [0.4, 0.5) is 0 Å². The SMILES string of the molecule is C=CCc1c(C)nc2cc(-c3ccco3)[nH]n2c1=O. The highest BCUT2D eigenvalue weighted by molar-refractivity contribution is 5.59. The maximum absolute atomic E-state index is 12.3. The number of aromatic amines is 1. The molecule has 0 aliphatic carbocycles. The van der Waals surface area contributed by atoms with Gasteiger partial charge in [0.05, 0.1) is 6.26 Å². The summed E-state index contributed by atoms with van der Waals surface area (Å²) in [5, 5.41) is 3.01. The standard InChI is InChI=1S/C14H13N3O2/c1-3-5-10-9(2)15-13-8-11(12-6-4-7-19-12)16-17(13)14(10)18/h3-4,6-8,16H,1,5H2,2H3. The fourth-order valence-corrected chi connectivity index (χ4v) is 2.11. The lowest BCUT2D eigenvalue weighted by Crippen LogP contribution is -2.21. The second-order valence-corrected chi connectivity index (χ2v) is 4.31. The number of H-pyrrole nitrogens is 1. The molecule has 0 aliphatic rings. The number of nitrogens with one attached hydrogen (secondary N) is 1.